The van der Waals surface area contributed by atoms with Gasteiger partial charge in [0, 0.05) is 17.5 Å². The summed E-state index contributed by atoms with van der Waals surface area (Å²) in [7, 11) is 0. The van der Waals surface area contributed by atoms with Gasteiger partial charge < -0.3 is 5.32 Å². The van der Waals surface area contributed by atoms with Gasteiger partial charge >= 0.3 is 0 Å². The summed E-state index contributed by atoms with van der Waals surface area (Å²) >= 11 is 5.76. The van der Waals surface area contributed by atoms with Gasteiger partial charge in [0.05, 0.1) is 0 Å². The lowest BCUT2D eigenvalue weighted by Gasteiger charge is -2.23. The predicted octanol–water partition coefficient (Wildman–Crippen LogP) is 1.80. The van der Waals surface area contributed by atoms with Crippen LogP contribution in [-0.2, 0) is 9.59 Å². The van der Waals surface area contributed by atoms with Crippen LogP contribution < -0.4 is 16.2 Å². The number of hydrogen-bond donors (Lipinski definition) is 3. The molecule has 1 aromatic carbocycles. The largest absolute Gasteiger partial charge is 0.344 e. The Morgan fingerprint density at radius 2 is 1.70 bits per heavy atom. The van der Waals surface area contributed by atoms with E-state index in [4.69, 9.17) is 11.6 Å². The van der Waals surface area contributed by atoms with Gasteiger partial charge in [0.2, 0.25) is 5.91 Å². The van der Waals surface area contributed by atoms with Crippen molar-refractivity contribution in [1.29, 1.82) is 0 Å². The van der Waals surface area contributed by atoms with E-state index in [-0.39, 0.29) is 11.8 Å². The summed E-state index contributed by atoms with van der Waals surface area (Å²) < 4.78 is 0. The molecule has 0 aliphatic heterocycles. The maximum Gasteiger partial charge on any atom is 0.269 e. The second-order valence-electron chi connectivity index (χ2n) is 5.67. The van der Waals surface area contributed by atoms with Crippen molar-refractivity contribution >= 4 is 29.3 Å². The van der Waals surface area contributed by atoms with Gasteiger partial charge in [-0.25, -0.2) is 0 Å². The van der Waals surface area contributed by atoms with Gasteiger partial charge in [0.25, 0.3) is 11.8 Å². The van der Waals surface area contributed by atoms with E-state index in [1.54, 1.807) is 24.3 Å². The molecule has 1 unspecified atom stereocenters. The van der Waals surface area contributed by atoms with E-state index in [1.165, 1.54) is 6.92 Å². The van der Waals surface area contributed by atoms with Crippen LogP contribution in [0.4, 0.5) is 0 Å². The number of hydrazine groups is 1. The van der Waals surface area contributed by atoms with E-state index in [0.717, 1.165) is 25.7 Å². The highest BCUT2D eigenvalue weighted by Gasteiger charge is 2.31. The van der Waals surface area contributed by atoms with Crippen molar-refractivity contribution < 1.29 is 14.4 Å². The van der Waals surface area contributed by atoms with E-state index in [9.17, 15) is 14.4 Å². The molecule has 0 aromatic heterocycles. The van der Waals surface area contributed by atoms with Crippen molar-refractivity contribution in [2.75, 3.05) is 0 Å². The fraction of sp³-hybridized carbons (Fsp3) is 0.438. The molecular weight excluding hydrogens is 318 g/mol. The van der Waals surface area contributed by atoms with Crippen LogP contribution in [0.5, 0.6) is 0 Å². The summed E-state index contributed by atoms with van der Waals surface area (Å²) in [6, 6.07) is 5.69. The molecule has 0 radical (unpaired) electrons. The molecule has 0 saturated heterocycles. The molecule has 6 nitrogen and oxygen atoms in total. The van der Waals surface area contributed by atoms with Gasteiger partial charge in [-0.3, -0.25) is 25.2 Å². The minimum Gasteiger partial charge on any atom is -0.344 e. The normalized spacial score (nSPS) is 15.7. The van der Waals surface area contributed by atoms with Gasteiger partial charge in [-0.1, -0.05) is 24.4 Å². The highest BCUT2D eigenvalue weighted by molar-refractivity contribution is 6.30. The number of carbonyl (C=O) groups excluding carboxylic acids is 3. The predicted molar refractivity (Wildman–Crippen MR) is 86.6 cm³/mol. The first-order chi connectivity index (χ1) is 11.0. The molecule has 7 heteroatoms. The number of hydrogen-bond acceptors (Lipinski definition) is 3. The van der Waals surface area contributed by atoms with Crippen molar-refractivity contribution in [3.63, 3.8) is 0 Å². The van der Waals surface area contributed by atoms with E-state index in [1.807, 2.05) is 0 Å². The Morgan fingerprint density at radius 1 is 1.09 bits per heavy atom. The van der Waals surface area contributed by atoms with Gasteiger partial charge in [-0.05, 0) is 43.0 Å². The van der Waals surface area contributed by atoms with Gasteiger partial charge in [0.1, 0.15) is 6.04 Å². The van der Waals surface area contributed by atoms with E-state index < -0.39 is 17.9 Å². The average molecular weight is 338 g/mol. The molecule has 1 aromatic rings. The second-order valence-corrected chi connectivity index (χ2v) is 6.11. The van der Waals surface area contributed by atoms with Crippen molar-refractivity contribution in [2.24, 2.45) is 5.92 Å². The first-order valence-electron chi connectivity index (χ1n) is 7.60. The number of carbonyl (C=O) groups is 3. The third-order valence-electron chi connectivity index (χ3n) is 3.92. The maximum absolute atomic E-state index is 12.3. The number of rotatable bonds is 4. The number of halogens is 1. The maximum atomic E-state index is 12.3. The van der Waals surface area contributed by atoms with Crippen LogP contribution >= 0.6 is 11.6 Å². The first kappa shape index (κ1) is 17.3. The standard InChI is InChI=1S/C16H20ClN3O3/c1-10(21)18-14(11-4-2-3-5-11)16(23)20-19-15(22)12-6-8-13(17)9-7-12/h6-9,11,14H,2-5H2,1H3,(H,18,21)(H,19,22)(H,20,23). The Bertz CT molecular complexity index is 583. The molecular formula is C16H20ClN3O3. The lowest BCUT2D eigenvalue weighted by Crippen LogP contribution is -2.54. The highest BCUT2D eigenvalue weighted by atomic mass is 35.5. The van der Waals surface area contributed by atoms with Crippen LogP contribution in [0.2, 0.25) is 5.02 Å². The molecule has 1 fully saturated rings. The second kappa shape index (κ2) is 7.97. The molecule has 3 N–H and O–H groups in total. The van der Waals surface area contributed by atoms with Crippen LogP contribution in [-0.4, -0.2) is 23.8 Å². The van der Waals surface area contributed by atoms with Crippen molar-refractivity contribution in [3.05, 3.63) is 34.9 Å². The minimum atomic E-state index is -0.625. The molecule has 0 spiro atoms. The van der Waals surface area contributed by atoms with Gasteiger partial charge in [-0.15, -0.1) is 0 Å². The minimum absolute atomic E-state index is 0.103. The van der Waals surface area contributed by atoms with Gasteiger partial charge in [0.15, 0.2) is 0 Å². The number of amides is 3. The van der Waals surface area contributed by atoms with E-state index >= 15 is 0 Å². The molecule has 124 valence electrons. The third-order valence-corrected chi connectivity index (χ3v) is 4.17. The smallest absolute Gasteiger partial charge is 0.269 e. The Labute approximate surface area is 139 Å². The van der Waals surface area contributed by atoms with Crippen LogP contribution in [0, 0.1) is 5.92 Å². The molecule has 2 rings (SSSR count). The zero-order valence-electron chi connectivity index (χ0n) is 12.9. The molecule has 0 heterocycles. The SMILES string of the molecule is CC(=O)NC(C(=O)NNC(=O)c1ccc(Cl)cc1)C1CCCC1. The quantitative estimate of drug-likeness (QED) is 0.732. The topological polar surface area (TPSA) is 87.3 Å². The summed E-state index contributed by atoms with van der Waals surface area (Å²) in [6.07, 6.45) is 3.88. The summed E-state index contributed by atoms with van der Waals surface area (Å²) in [5.74, 6) is -1.01. The fourth-order valence-electron chi connectivity index (χ4n) is 2.78. The fourth-order valence-corrected chi connectivity index (χ4v) is 2.90. The Hall–Kier alpha value is -2.08. The van der Waals surface area contributed by atoms with Crippen molar-refractivity contribution in [3.8, 4) is 0 Å². The van der Waals surface area contributed by atoms with E-state index in [2.05, 4.69) is 16.2 Å². The van der Waals surface area contributed by atoms with Gasteiger partial charge in [-0.2, -0.15) is 0 Å². The number of benzene rings is 1. The summed E-state index contributed by atoms with van der Waals surface area (Å²) in [5, 5.41) is 3.20. The van der Waals surface area contributed by atoms with Crippen molar-refractivity contribution in [2.45, 2.75) is 38.6 Å². The Balaban J connectivity index is 1.93. The molecule has 0 bridgehead atoms. The van der Waals surface area contributed by atoms with Crippen LogP contribution in [0.1, 0.15) is 43.0 Å². The summed E-state index contributed by atoms with van der Waals surface area (Å²) in [4.78, 5) is 35.6. The molecule has 1 aliphatic carbocycles. The monoisotopic (exact) mass is 337 g/mol. The Kier molecular flexibility index (Phi) is 5.98. The zero-order chi connectivity index (χ0) is 16.8. The van der Waals surface area contributed by atoms with Crippen molar-refractivity contribution in [1.82, 2.24) is 16.2 Å². The van der Waals surface area contributed by atoms with Crippen LogP contribution in [0.25, 0.3) is 0 Å². The van der Waals surface area contributed by atoms with E-state index in [0.29, 0.717) is 10.6 Å². The first-order valence-corrected chi connectivity index (χ1v) is 7.98. The highest BCUT2D eigenvalue weighted by Crippen LogP contribution is 2.27. The summed E-state index contributed by atoms with van der Waals surface area (Å²) in [6.45, 7) is 1.38. The third kappa shape index (κ3) is 4.96. The molecule has 3 amide bonds. The van der Waals surface area contributed by atoms with Crippen LogP contribution in [0.3, 0.4) is 0 Å². The molecule has 1 saturated carbocycles. The van der Waals surface area contributed by atoms with Crippen LogP contribution in [0.15, 0.2) is 24.3 Å². The summed E-state index contributed by atoms with van der Waals surface area (Å²) in [5.41, 5.74) is 5.14. The Morgan fingerprint density at radius 3 is 2.26 bits per heavy atom. The molecule has 23 heavy (non-hydrogen) atoms. The lowest BCUT2D eigenvalue weighted by atomic mass is 9.97. The zero-order valence-corrected chi connectivity index (χ0v) is 13.7. The lowest BCUT2D eigenvalue weighted by molar-refractivity contribution is -0.129. The average Bonchev–Trinajstić information content (AvgIpc) is 3.04. The molecule has 1 atom stereocenters. The number of nitrogens with one attached hydrogen (secondary N) is 3. The molecule has 1 aliphatic rings.